The molecule has 0 atom stereocenters. The molecule has 0 spiro atoms. The number of aromatic nitrogens is 1. The van der Waals surface area contributed by atoms with Crippen molar-refractivity contribution in [3.8, 4) is 0 Å². The van der Waals surface area contributed by atoms with Crippen LogP contribution in [0.4, 0.5) is 0 Å². The molecular weight excluding hydrogens is 212 g/mol. The van der Waals surface area contributed by atoms with Gasteiger partial charge in [0.2, 0.25) is 0 Å². The van der Waals surface area contributed by atoms with Gasteiger partial charge >= 0.3 is 0 Å². The molecule has 0 aliphatic carbocycles. The molecule has 98 valence electrons. The maximum Gasteiger partial charge on any atom is 0.194 e. The number of oxazole rings is 1. The third-order valence-corrected chi connectivity index (χ3v) is 2.43. The fraction of sp³-hybridized carbons (Fsp3) is 0.786. The molecule has 0 fully saturated rings. The lowest BCUT2D eigenvalue weighted by atomic mass is 9.91. The van der Waals surface area contributed by atoms with Crippen LogP contribution in [0.2, 0.25) is 0 Å². The number of nitrogens with one attached hydrogen (secondary N) is 1. The van der Waals surface area contributed by atoms with Gasteiger partial charge < -0.3 is 9.73 Å². The highest BCUT2D eigenvalue weighted by Crippen LogP contribution is 2.21. The molecule has 0 saturated heterocycles. The van der Waals surface area contributed by atoms with E-state index in [1.54, 1.807) is 0 Å². The highest BCUT2D eigenvalue weighted by atomic mass is 16.4. The first-order chi connectivity index (χ1) is 7.87. The van der Waals surface area contributed by atoms with E-state index < -0.39 is 0 Å². The van der Waals surface area contributed by atoms with E-state index in [0.717, 1.165) is 37.5 Å². The molecule has 0 aromatic carbocycles. The van der Waals surface area contributed by atoms with Crippen LogP contribution in [0, 0.1) is 5.41 Å². The van der Waals surface area contributed by atoms with Crippen LogP contribution in [0.1, 0.15) is 52.7 Å². The Labute approximate surface area is 105 Å². The number of hydrogen-bond acceptors (Lipinski definition) is 3. The first kappa shape index (κ1) is 14.2. The Kier molecular flexibility index (Phi) is 5.19. The Balaban J connectivity index is 2.31. The molecule has 0 bridgehead atoms. The first-order valence-corrected chi connectivity index (χ1v) is 6.54. The van der Waals surface area contributed by atoms with Crippen LogP contribution < -0.4 is 5.32 Å². The summed E-state index contributed by atoms with van der Waals surface area (Å²) in [7, 11) is 0. The van der Waals surface area contributed by atoms with Crippen LogP contribution in [0.3, 0.4) is 0 Å². The number of aryl methyl sites for hydroxylation is 1. The zero-order valence-electron chi connectivity index (χ0n) is 11.8. The minimum Gasteiger partial charge on any atom is -0.446 e. The van der Waals surface area contributed by atoms with E-state index in [1.165, 1.54) is 0 Å². The van der Waals surface area contributed by atoms with E-state index in [2.05, 4.69) is 44.9 Å². The molecule has 0 aliphatic rings. The Morgan fingerprint density at radius 2 is 2.06 bits per heavy atom. The summed E-state index contributed by atoms with van der Waals surface area (Å²) in [6.45, 7) is 12.0. The highest BCUT2D eigenvalue weighted by molar-refractivity contribution is 4.97. The van der Waals surface area contributed by atoms with Gasteiger partial charge in [0.25, 0.3) is 0 Å². The molecule has 1 rings (SSSR count). The molecule has 3 nitrogen and oxygen atoms in total. The van der Waals surface area contributed by atoms with Gasteiger partial charge in [0.05, 0.1) is 6.20 Å². The molecule has 0 radical (unpaired) electrons. The predicted octanol–water partition coefficient (Wildman–Crippen LogP) is 3.19. The first-order valence-electron chi connectivity index (χ1n) is 6.54. The van der Waals surface area contributed by atoms with E-state index in [0.29, 0.717) is 6.04 Å². The summed E-state index contributed by atoms with van der Waals surface area (Å²) in [5, 5.41) is 3.39. The molecule has 0 saturated carbocycles. The lowest BCUT2D eigenvalue weighted by molar-refractivity contribution is 0.350. The molecule has 0 amide bonds. The average molecular weight is 238 g/mol. The third-order valence-electron chi connectivity index (χ3n) is 2.43. The van der Waals surface area contributed by atoms with Crippen molar-refractivity contribution in [3.05, 3.63) is 17.8 Å². The molecular formula is C14H26N2O. The molecule has 3 heteroatoms. The number of rotatable bonds is 6. The van der Waals surface area contributed by atoms with Crippen molar-refractivity contribution in [1.29, 1.82) is 0 Å². The van der Waals surface area contributed by atoms with Gasteiger partial charge in [0.1, 0.15) is 5.76 Å². The second kappa shape index (κ2) is 6.20. The Hall–Kier alpha value is -0.830. The van der Waals surface area contributed by atoms with E-state index >= 15 is 0 Å². The van der Waals surface area contributed by atoms with Gasteiger partial charge in [-0.2, -0.15) is 0 Å². The summed E-state index contributed by atoms with van der Waals surface area (Å²) in [6.07, 6.45) is 4.82. The quantitative estimate of drug-likeness (QED) is 0.773. The number of nitrogens with zero attached hydrogens (tertiary/aromatic N) is 1. The normalized spacial score (nSPS) is 12.4. The van der Waals surface area contributed by atoms with Crippen LogP contribution in [-0.4, -0.2) is 17.6 Å². The van der Waals surface area contributed by atoms with Crippen LogP contribution in [0.25, 0.3) is 0 Å². The largest absolute Gasteiger partial charge is 0.446 e. The van der Waals surface area contributed by atoms with Crippen LogP contribution >= 0.6 is 0 Å². The SMILES string of the molecule is CC(C)NCCCc1ncc(CC(C)(C)C)o1. The Bertz CT molecular complexity index is 323. The van der Waals surface area contributed by atoms with E-state index in [9.17, 15) is 0 Å². The Morgan fingerprint density at radius 1 is 1.35 bits per heavy atom. The second-order valence-corrected chi connectivity index (χ2v) is 6.17. The fourth-order valence-electron chi connectivity index (χ4n) is 1.70. The van der Waals surface area contributed by atoms with Gasteiger partial charge in [-0.05, 0) is 18.4 Å². The van der Waals surface area contributed by atoms with Gasteiger partial charge in [-0.25, -0.2) is 4.98 Å². The molecule has 17 heavy (non-hydrogen) atoms. The van der Waals surface area contributed by atoms with Crippen molar-refractivity contribution in [2.24, 2.45) is 5.41 Å². The van der Waals surface area contributed by atoms with Gasteiger partial charge in [-0.3, -0.25) is 0 Å². The zero-order chi connectivity index (χ0) is 12.9. The van der Waals surface area contributed by atoms with Gasteiger partial charge in [0.15, 0.2) is 5.89 Å². The fourth-order valence-corrected chi connectivity index (χ4v) is 1.70. The van der Waals surface area contributed by atoms with Crippen LogP contribution in [0.15, 0.2) is 10.6 Å². The lowest BCUT2D eigenvalue weighted by Gasteiger charge is -2.15. The second-order valence-electron chi connectivity index (χ2n) is 6.17. The molecule has 0 unspecified atom stereocenters. The number of hydrogen-bond donors (Lipinski definition) is 1. The summed E-state index contributed by atoms with van der Waals surface area (Å²) in [5.74, 6) is 1.87. The summed E-state index contributed by atoms with van der Waals surface area (Å²) < 4.78 is 5.73. The van der Waals surface area contributed by atoms with Crippen molar-refractivity contribution < 1.29 is 4.42 Å². The summed E-state index contributed by atoms with van der Waals surface area (Å²) >= 11 is 0. The molecule has 1 aromatic heterocycles. The highest BCUT2D eigenvalue weighted by Gasteiger charge is 2.14. The summed E-state index contributed by atoms with van der Waals surface area (Å²) in [6, 6.07) is 0.552. The standard InChI is InChI=1S/C14H26N2O/c1-11(2)15-8-6-7-13-16-10-12(17-13)9-14(3,4)5/h10-11,15H,6-9H2,1-5H3. The van der Waals surface area contributed by atoms with E-state index in [4.69, 9.17) is 4.42 Å². The monoisotopic (exact) mass is 238 g/mol. The molecule has 1 N–H and O–H groups in total. The molecule has 1 heterocycles. The zero-order valence-corrected chi connectivity index (χ0v) is 11.8. The van der Waals surface area contributed by atoms with Crippen molar-refractivity contribution in [2.75, 3.05) is 6.54 Å². The minimum absolute atomic E-state index is 0.260. The van der Waals surface area contributed by atoms with Crippen molar-refractivity contribution in [2.45, 2.75) is 59.9 Å². The van der Waals surface area contributed by atoms with E-state index in [-0.39, 0.29) is 5.41 Å². The third kappa shape index (κ3) is 6.47. The van der Waals surface area contributed by atoms with Gasteiger partial charge in [0, 0.05) is 18.9 Å². The maximum absolute atomic E-state index is 5.73. The van der Waals surface area contributed by atoms with Gasteiger partial charge in [-0.1, -0.05) is 34.6 Å². The van der Waals surface area contributed by atoms with E-state index in [1.807, 2.05) is 6.20 Å². The van der Waals surface area contributed by atoms with Crippen LogP contribution in [-0.2, 0) is 12.8 Å². The smallest absolute Gasteiger partial charge is 0.194 e. The van der Waals surface area contributed by atoms with Gasteiger partial charge in [-0.15, -0.1) is 0 Å². The summed E-state index contributed by atoms with van der Waals surface area (Å²) in [5.41, 5.74) is 0.260. The lowest BCUT2D eigenvalue weighted by Crippen LogP contribution is -2.23. The van der Waals surface area contributed by atoms with Crippen LogP contribution in [0.5, 0.6) is 0 Å². The van der Waals surface area contributed by atoms with Crippen molar-refractivity contribution in [3.63, 3.8) is 0 Å². The minimum atomic E-state index is 0.260. The van der Waals surface area contributed by atoms with Crippen molar-refractivity contribution >= 4 is 0 Å². The molecule has 0 aliphatic heterocycles. The van der Waals surface area contributed by atoms with Crippen molar-refractivity contribution in [1.82, 2.24) is 10.3 Å². The summed E-state index contributed by atoms with van der Waals surface area (Å²) in [4.78, 5) is 4.32. The Morgan fingerprint density at radius 3 is 2.65 bits per heavy atom. The maximum atomic E-state index is 5.73. The average Bonchev–Trinajstić information content (AvgIpc) is 2.57. The molecule has 1 aromatic rings. The predicted molar refractivity (Wildman–Crippen MR) is 71.1 cm³/mol. The topological polar surface area (TPSA) is 38.1 Å².